The van der Waals surface area contributed by atoms with E-state index in [1.54, 1.807) is 14.0 Å². The number of esters is 1. The number of hydrogen-bond acceptors (Lipinski definition) is 5. The Morgan fingerprint density at radius 3 is 2.56 bits per heavy atom. The molecule has 32 heavy (non-hydrogen) atoms. The van der Waals surface area contributed by atoms with E-state index in [4.69, 9.17) is 14.2 Å². The summed E-state index contributed by atoms with van der Waals surface area (Å²) < 4.78 is 18.2. The Morgan fingerprint density at radius 1 is 1.09 bits per heavy atom. The van der Waals surface area contributed by atoms with Gasteiger partial charge in [-0.15, -0.1) is 0 Å². The van der Waals surface area contributed by atoms with Crippen molar-refractivity contribution in [1.29, 1.82) is 0 Å². The summed E-state index contributed by atoms with van der Waals surface area (Å²) >= 11 is 0. The fourth-order valence-electron chi connectivity index (χ4n) is 8.75. The number of aliphatic hydroxyl groups is 1. The van der Waals surface area contributed by atoms with Gasteiger partial charge in [0.1, 0.15) is 6.10 Å². The van der Waals surface area contributed by atoms with Crippen LogP contribution in [0.1, 0.15) is 90.9 Å². The molecule has 1 N–H and O–H groups in total. The number of fused-ring (bicyclic) bond motifs is 5. The summed E-state index contributed by atoms with van der Waals surface area (Å²) in [6.07, 6.45) is 15.5. The van der Waals surface area contributed by atoms with Crippen molar-refractivity contribution in [1.82, 2.24) is 0 Å². The van der Waals surface area contributed by atoms with Gasteiger partial charge in [-0.1, -0.05) is 18.6 Å². The molecular weight excluding hydrogens is 404 g/mol. The lowest BCUT2D eigenvalue weighted by atomic mass is 9.47. The fraction of sp³-hybridized carbons (Fsp3) is 0.889. The molecule has 0 spiro atoms. The molecular formula is C27H42O5. The zero-order chi connectivity index (χ0) is 22.6. The summed E-state index contributed by atoms with van der Waals surface area (Å²) in [5.41, 5.74) is 1.45. The molecule has 0 amide bonds. The van der Waals surface area contributed by atoms with Crippen LogP contribution in [-0.4, -0.2) is 42.8 Å². The monoisotopic (exact) mass is 446 g/mol. The van der Waals surface area contributed by atoms with Gasteiger partial charge >= 0.3 is 5.97 Å². The summed E-state index contributed by atoms with van der Waals surface area (Å²) in [6.45, 7) is 4.15. The van der Waals surface area contributed by atoms with Crippen molar-refractivity contribution in [3.8, 4) is 0 Å². The molecule has 0 aliphatic heterocycles. The maximum absolute atomic E-state index is 11.7. The van der Waals surface area contributed by atoms with Gasteiger partial charge in [-0.3, -0.25) is 4.79 Å². The highest BCUT2D eigenvalue weighted by Gasteiger charge is 2.60. The van der Waals surface area contributed by atoms with Gasteiger partial charge in [-0.2, -0.15) is 0 Å². The number of carbonyl (C=O) groups excluding carboxylic acids is 1. The van der Waals surface area contributed by atoms with E-state index in [0.717, 1.165) is 64.2 Å². The van der Waals surface area contributed by atoms with Crippen molar-refractivity contribution in [3.05, 3.63) is 11.6 Å². The van der Waals surface area contributed by atoms with Gasteiger partial charge in [-0.05, 0) is 82.0 Å². The fourth-order valence-corrected chi connectivity index (χ4v) is 8.75. The summed E-state index contributed by atoms with van der Waals surface area (Å²) in [4.78, 5) is 11.7. The van der Waals surface area contributed by atoms with Crippen LogP contribution in [0, 0.1) is 28.6 Å². The molecule has 2 unspecified atom stereocenters. The van der Waals surface area contributed by atoms with E-state index in [9.17, 15) is 9.90 Å². The minimum Gasteiger partial charge on any atom is -0.462 e. The van der Waals surface area contributed by atoms with Crippen molar-refractivity contribution in [2.24, 2.45) is 28.6 Å². The molecule has 5 nitrogen and oxygen atoms in total. The number of carbonyl (C=O) groups is 1. The Morgan fingerprint density at radius 2 is 1.88 bits per heavy atom. The minimum atomic E-state index is -0.385. The van der Waals surface area contributed by atoms with E-state index in [0.29, 0.717) is 17.8 Å². The molecule has 0 radical (unpaired) electrons. The molecule has 4 fully saturated rings. The van der Waals surface area contributed by atoms with Crippen molar-refractivity contribution in [2.75, 3.05) is 13.7 Å². The molecule has 0 bridgehead atoms. The van der Waals surface area contributed by atoms with E-state index >= 15 is 0 Å². The summed E-state index contributed by atoms with van der Waals surface area (Å²) in [5.74, 6) is 1.17. The van der Waals surface area contributed by atoms with Gasteiger partial charge in [0, 0.05) is 37.7 Å². The quantitative estimate of drug-likeness (QED) is 0.359. The van der Waals surface area contributed by atoms with Crippen molar-refractivity contribution in [3.63, 3.8) is 0 Å². The first kappa shape index (κ1) is 22.9. The van der Waals surface area contributed by atoms with Gasteiger partial charge in [0.05, 0.1) is 12.7 Å². The highest BCUT2D eigenvalue weighted by Crippen LogP contribution is 2.65. The summed E-state index contributed by atoms with van der Waals surface area (Å²) in [7, 11) is 1.79. The average molecular weight is 447 g/mol. The molecule has 4 saturated carbocycles. The molecule has 0 heterocycles. The van der Waals surface area contributed by atoms with Crippen molar-refractivity contribution >= 4 is 5.97 Å². The van der Waals surface area contributed by atoms with Crippen LogP contribution in [0.2, 0.25) is 0 Å². The summed E-state index contributed by atoms with van der Waals surface area (Å²) in [6, 6.07) is 0. The second kappa shape index (κ2) is 8.39. The van der Waals surface area contributed by atoms with Crippen LogP contribution in [0.25, 0.3) is 0 Å². The molecule has 0 saturated heterocycles. The standard InChI is InChI=1S/C27H42O5/c1-18(29)31-24-9-8-22-21-7-6-19-16-20(32-27(30-3)12-4-5-13-27)10-15-26(19,17-28)23(21)11-14-25(22,24)2/h6,20-24,28H,4-5,7-17H2,1-3H3/t20?,21-,22-,23+,24?,25-,26+/m0/s1. The Kier molecular flexibility index (Phi) is 5.99. The highest BCUT2D eigenvalue weighted by atomic mass is 16.7. The molecule has 7 atom stereocenters. The molecule has 5 aliphatic rings. The topological polar surface area (TPSA) is 65.0 Å². The van der Waals surface area contributed by atoms with Crippen LogP contribution < -0.4 is 0 Å². The Labute approximate surface area is 193 Å². The van der Waals surface area contributed by atoms with Crippen molar-refractivity contribution in [2.45, 2.75) is 109 Å². The normalized spacial score (nSPS) is 44.9. The molecule has 180 valence electrons. The Bertz CT molecular complexity index is 755. The second-order valence-electron chi connectivity index (χ2n) is 11.7. The zero-order valence-electron chi connectivity index (χ0n) is 20.2. The third-order valence-electron chi connectivity index (χ3n) is 10.4. The SMILES string of the molecule is COC1(OC2CC[C@@]3(CO)C(=CC[C@@H]4[C@H]3CC[C@]3(C)C(OC(C)=O)CC[C@@H]43)C2)CCCC1. The van der Waals surface area contributed by atoms with Crippen LogP contribution in [0.3, 0.4) is 0 Å². The van der Waals surface area contributed by atoms with Crippen molar-refractivity contribution < 1.29 is 24.1 Å². The minimum absolute atomic E-state index is 0.0576. The smallest absolute Gasteiger partial charge is 0.302 e. The van der Waals surface area contributed by atoms with Gasteiger partial charge < -0.3 is 19.3 Å². The van der Waals surface area contributed by atoms with Gasteiger partial charge in [0.2, 0.25) is 0 Å². The lowest BCUT2D eigenvalue weighted by Crippen LogP contribution is -2.54. The number of methoxy groups -OCH3 is 1. The maximum Gasteiger partial charge on any atom is 0.302 e. The highest BCUT2D eigenvalue weighted by molar-refractivity contribution is 5.66. The number of aliphatic hydroxyl groups excluding tert-OH is 1. The lowest BCUT2D eigenvalue weighted by molar-refractivity contribution is -0.247. The average Bonchev–Trinajstić information content (AvgIpc) is 3.38. The van der Waals surface area contributed by atoms with E-state index in [-0.39, 0.29) is 41.4 Å². The van der Waals surface area contributed by atoms with E-state index in [2.05, 4.69) is 13.0 Å². The number of allylic oxidation sites excluding steroid dienone is 1. The molecule has 0 aromatic carbocycles. The third-order valence-corrected chi connectivity index (χ3v) is 10.4. The van der Waals surface area contributed by atoms with E-state index < -0.39 is 0 Å². The number of rotatable bonds is 5. The largest absolute Gasteiger partial charge is 0.462 e. The van der Waals surface area contributed by atoms with Crippen LogP contribution in [-0.2, 0) is 19.0 Å². The maximum atomic E-state index is 11.7. The van der Waals surface area contributed by atoms with Gasteiger partial charge in [0.25, 0.3) is 0 Å². The Balaban J connectivity index is 1.35. The first-order valence-electron chi connectivity index (χ1n) is 13.1. The lowest BCUT2D eigenvalue weighted by Gasteiger charge is -2.58. The van der Waals surface area contributed by atoms with Crippen LogP contribution in [0.4, 0.5) is 0 Å². The number of ether oxygens (including phenoxy) is 3. The Hall–Kier alpha value is -0.910. The van der Waals surface area contributed by atoms with Gasteiger partial charge in [0.15, 0.2) is 5.79 Å². The predicted octanol–water partition coefficient (Wildman–Crippen LogP) is 5.16. The number of hydrogen-bond donors (Lipinski definition) is 1. The van der Waals surface area contributed by atoms with Crippen LogP contribution >= 0.6 is 0 Å². The molecule has 5 rings (SSSR count). The summed E-state index contributed by atoms with van der Waals surface area (Å²) in [5, 5.41) is 10.8. The van der Waals surface area contributed by atoms with Crippen LogP contribution in [0.15, 0.2) is 11.6 Å². The molecule has 0 aromatic heterocycles. The molecule has 5 heteroatoms. The van der Waals surface area contributed by atoms with Gasteiger partial charge in [-0.25, -0.2) is 0 Å². The molecule has 0 aromatic rings. The van der Waals surface area contributed by atoms with E-state index in [1.165, 1.54) is 18.4 Å². The third kappa shape index (κ3) is 3.49. The molecule has 5 aliphatic carbocycles. The zero-order valence-corrected chi connectivity index (χ0v) is 20.2. The van der Waals surface area contributed by atoms with Crippen LogP contribution in [0.5, 0.6) is 0 Å². The first-order chi connectivity index (χ1) is 15.4. The van der Waals surface area contributed by atoms with E-state index in [1.807, 2.05) is 0 Å². The predicted molar refractivity (Wildman–Crippen MR) is 122 cm³/mol. The first-order valence-corrected chi connectivity index (χ1v) is 13.1. The second-order valence-corrected chi connectivity index (χ2v) is 11.7.